The highest BCUT2D eigenvalue weighted by molar-refractivity contribution is 7.15. The summed E-state index contributed by atoms with van der Waals surface area (Å²) < 4.78 is 26.5. The van der Waals surface area contributed by atoms with Gasteiger partial charge in [-0.05, 0) is 64.3 Å². The number of hydrogen-bond donors (Lipinski definition) is 3. The molecule has 9 heteroatoms. The number of nitrogen functional groups attached to an aromatic ring is 1. The number of nitrogens with one attached hydrogen (secondary N) is 1. The molecule has 0 bridgehead atoms. The molecule has 34 heavy (non-hydrogen) atoms. The molecule has 5 N–H and O–H groups in total. The van der Waals surface area contributed by atoms with Crippen LogP contribution in [0.5, 0.6) is 0 Å². The van der Waals surface area contributed by atoms with Gasteiger partial charge in [-0.25, -0.2) is 19.6 Å². The first-order valence-electron chi connectivity index (χ1n) is 11.5. The van der Waals surface area contributed by atoms with Crippen molar-refractivity contribution >= 4 is 23.0 Å². The maximum Gasteiger partial charge on any atom is 0.152 e. The van der Waals surface area contributed by atoms with Gasteiger partial charge in [0, 0.05) is 34.6 Å². The van der Waals surface area contributed by atoms with Crippen molar-refractivity contribution in [2.45, 2.75) is 47.0 Å². The van der Waals surface area contributed by atoms with Crippen molar-refractivity contribution in [2.24, 2.45) is 10.8 Å². The second-order valence-electron chi connectivity index (χ2n) is 7.97. The summed E-state index contributed by atoms with van der Waals surface area (Å²) >= 11 is 1.76. The number of pyridine rings is 1. The number of aromatic nitrogens is 1. The molecule has 0 aliphatic carbocycles. The van der Waals surface area contributed by atoms with Gasteiger partial charge in [-0.15, -0.1) is 11.3 Å². The van der Waals surface area contributed by atoms with Crippen LogP contribution in [0.4, 0.5) is 14.6 Å². The van der Waals surface area contributed by atoms with E-state index in [-0.39, 0.29) is 11.7 Å². The van der Waals surface area contributed by atoms with Crippen LogP contribution >= 0.6 is 11.3 Å². The average Bonchev–Trinajstić information content (AvgIpc) is 3.15. The summed E-state index contributed by atoms with van der Waals surface area (Å²) in [6.07, 6.45) is 8.96. The maximum atomic E-state index is 13.5. The molecule has 1 aliphatic rings. The van der Waals surface area contributed by atoms with E-state index in [0.29, 0.717) is 5.56 Å². The van der Waals surface area contributed by atoms with Gasteiger partial charge in [0.15, 0.2) is 5.83 Å². The number of thiophene rings is 1. The molecule has 0 saturated carbocycles. The third-order valence-corrected chi connectivity index (χ3v) is 6.75. The smallest absolute Gasteiger partial charge is 0.152 e. The molecule has 3 heterocycles. The van der Waals surface area contributed by atoms with Gasteiger partial charge in [0.2, 0.25) is 0 Å². The molecule has 1 aliphatic heterocycles. The van der Waals surface area contributed by atoms with Gasteiger partial charge < -0.3 is 16.1 Å². The predicted molar refractivity (Wildman–Crippen MR) is 140 cm³/mol. The summed E-state index contributed by atoms with van der Waals surface area (Å²) in [6.45, 7) is 10.1. The van der Waals surface area contributed by atoms with Crippen LogP contribution in [0.3, 0.4) is 0 Å². The van der Waals surface area contributed by atoms with Crippen LogP contribution in [0.15, 0.2) is 47.1 Å². The van der Waals surface area contributed by atoms with Crippen molar-refractivity contribution in [3.63, 3.8) is 0 Å². The minimum Gasteiger partial charge on any atom is -0.383 e. The molecule has 2 aromatic rings. The highest BCUT2D eigenvalue weighted by Gasteiger charge is 2.18. The Morgan fingerprint density at radius 3 is 2.56 bits per heavy atom. The minimum atomic E-state index is -0.954. The Labute approximate surface area is 205 Å². The Hall–Kier alpha value is -2.62. The zero-order chi connectivity index (χ0) is 25.1. The minimum absolute atomic E-state index is 0.159. The van der Waals surface area contributed by atoms with E-state index in [2.05, 4.69) is 33.3 Å². The lowest BCUT2D eigenvalue weighted by molar-refractivity contribution is 0.288. The lowest BCUT2D eigenvalue weighted by Crippen LogP contribution is -2.32. The third kappa shape index (κ3) is 7.72. The van der Waals surface area contributed by atoms with Gasteiger partial charge >= 0.3 is 0 Å². The normalized spacial score (nSPS) is 15.3. The van der Waals surface area contributed by atoms with Gasteiger partial charge in [-0.3, -0.25) is 4.99 Å². The van der Waals surface area contributed by atoms with E-state index in [1.54, 1.807) is 17.5 Å². The number of nitrogens with zero attached hydrogens (tertiary/aromatic N) is 3. The number of hydrazine groups is 1. The van der Waals surface area contributed by atoms with E-state index in [1.807, 2.05) is 32.1 Å². The summed E-state index contributed by atoms with van der Waals surface area (Å²) in [6, 6.07) is 4.05. The Bertz CT molecular complexity index is 995. The topological polar surface area (TPSA) is 92.6 Å². The largest absolute Gasteiger partial charge is 0.383 e. The highest BCUT2D eigenvalue weighted by atomic mass is 32.1. The number of aliphatic imine (C=N–C) groups is 1. The molecule has 0 amide bonds. The fourth-order valence-corrected chi connectivity index (χ4v) is 4.67. The number of fused-ring (bicyclic) bond motifs is 1. The highest BCUT2D eigenvalue weighted by Crippen LogP contribution is 2.34. The monoisotopic (exact) mass is 490 g/mol. The van der Waals surface area contributed by atoms with E-state index in [9.17, 15) is 8.78 Å². The fraction of sp³-hybridized carbons (Fsp3) is 0.440. The number of hydrogen-bond acceptors (Lipinski definition) is 6. The molecule has 2 aromatic heterocycles. The van der Waals surface area contributed by atoms with E-state index in [1.165, 1.54) is 16.9 Å². The molecule has 0 saturated heterocycles. The van der Waals surface area contributed by atoms with Crippen molar-refractivity contribution in [2.75, 3.05) is 31.9 Å². The number of nitrogens with two attached hydrogens (primary N) is 2. The van der Waals surface area contributed by atoms with Crippen molar-refractivity contribution < 1.29 is 8.78 Å². The van der Waals surface area contributed by atoms with Crippen molar-refractivity contribution in [1.82, 2.24) is 15.3 Å². The molecule has 6 nitrogen and oxygen atoms in total. The van der Waals surface area contributed by atoms with E-state index in [4.69, 9.17) is 11.6 Å². The lowest BCUT2D eigenvalue weighted by Gasteiger charge is -2.18. The second kappa shape index (κ2) is 13.9. The molecule has 3 rings (SSSR count). The summed E-state index contributed by atoms with van der Waals surface area (Å²) in [5.74, 6) is 4.07. The van der Waals surface area contributed by atoms with Crippen LogP contribution in [0.1, 0.15) is 50.1 Å². The molecule has 186 valence electrons. The van der Waals surface area contributed by atoms with Gasteiger partial charge in [0.1, 0.15) is 17.5 Å². The zero-order valence-electron chi connectivity index (χ0n) is 20.5. The first-order chi connectivity index (χ1) is 16.3. The summed E-state index contributed by atoms with van der Waals surface area (Å²) in [4.78, 5) is 13.3. The molecule has 0 fully saturated rings. The number of rotatable bonds is 6. The second-order valence-corrected chi connectivity index (χ2v) is 9.11. The molecule has 0 aromatic carbocycles. The van der Waals surface area contributed by atoms with Crippen LogP contribution in [-0.2, 0) is 12.8 Å². The Kier molecular flexibility index (Phi) is 11.3. The number of anilines is 1. The van der Waals surface area contributed by atoms with Crippen LogP contribution in [0.25, 0.3) is 10.4 Å². The van der Waals surface area contributed by atoms with Crippen LogP contribution < -0.4 is 17.0 Å². The molecular formula is C25H36F2N6S. The average molecular weight is 491 g/mol. The molecule has 0 atom stereocenters. The van der Waals surface area contributed by atoms with Crippen molar-refractivity contribution in [3.05, 3.63) is 58.1 Å². The summed E-state index contributed by atoms with van der Waals surface area (Å²) in [7, 11) is 0. The van der Waals surface area contributed by atoms with Crippen LogP contribution in [0, 0.1) is 0 Å². The summed E-state index contributed by atoms with van der Waals surface area (Å²) in [5, 5.41) is 0. The number of amidine groups is 1. The maximum absolute atomic E-state index is 13.5. The Morgan fingerprint density at radius 1 is 1.24 bits per heavy atom. The van der Waals surface area contributed by atoms with Gasteiger partial charge in [-0.2, -0.15) is 0 Å². The standard InChI is InChI=1S/C21H28F2N6S.C4H8/c1-3-6-29-7-4-14-10-19(30-18(14)5-8-29)15-9-16(20(24)26-11-15)21(28-25)27-12-17(23)13(2)22;1-3-4-2/h9-11H,3-8,12,25H2,1-2H3,(H2,24,26)(H,27,28);3-4H,1-2H3/b17-13-;4-3-. The first kappa shape index (κ1) is 27.6. The number of halogens is 2. The van der Waals surface area contributed by atoms with Gasteiger partial charge in [0.05, 0.1) is 12.1 Å². The molecule has 0 unspecified atom stereocenters. The quantitative estimate of drug-likeness (QED) is 0.171. The third-order valence-electron chi connectivity index (χ3n) is 5.47. The molecule has 0 radical (unpaired) electrons. The SMILES string of the molecule is C/C=C\C.CCCN1CCc2cc(-c3cnc(N)c(C(=NC/C(F)=C(\C)F)NN)c3)sc2CC1. The van der Waals surface area contributed by atoms with E-state index in [0.717, 1.165) is 49.8 Å². The van der Waals surface area contributed by atoms with Gasteiger partial charge in [-0.1, -0.05) is 19.1 Å². The molecule has 0 spiro atoms. The zero-order valence-corrected chi connectivity index (χ0v) is 21.3. The first-order valence-corrected chi connectivity index (χ1v) is 12.3. The van der Waals surface area contributed by atoms with Gasteiger partial charge in [0.25, 0.3) is 0 Å². The van der Waals surface area contributed by atoms with Crippen molar-refractivity contribution in [3.8, 4) is 10.4 Å². The Balaban J connectivity index is 0.000000945. The van der Waals surface area contributed by atoms with E-state index < -0.39 is 18.2 Å². The Morgan fingerprint density at radius 2 is 1.94 bits per heavy atom. The predicted octanol–water partition coefficient (Wildman–Crippen LogP) is 5.17. The molecular weight excluding hydrogens is 454 g/mol. The number of allylic oxidation sites excluding steroid dienone is 3. The van der Waals surface area contributed by atoms with Crippen LogP contribution in [0.2, 0.25) is 0 Å². The van der Waals surface area contributed by atoms with Crippen molar-refractivity contribution in [1.29, 1.82) is 0 Å². The van der Waals surface area contributed by atoms with E-state index >= 15 is 0 Å². The van der Waals surface area contributed by atoms with Crippen LogP contribution in [-0.4, -0.2) is 41.9 Å². The lowest BCUT2D eigenvalue weighted by atomic mass is 10.1. The fourth-order valence-electron chi connectivity index (χ4n) is 3.49. The summed E-state index contributed by atoms with van der Waals surface area (Å²) in [5.41, 5.74) is 11.2.